The molecule has 0 saturated carbocycles. The van der Waals surface area contributed by atoms with Gasteiger partial charge in [-0.05, 0) is 62.7 Å². The van der Waals surface area contributed by atoms with Gasteiger partial charge in [0.1, 0.15) is 23.2 Å². The van der Waals surface area contributed by atoms with Gasteiger partial charge < -0.3 is 23.7 Å². The van der Waals surface area contributed by atoms with E-state index in [2.05, 4.69) is 15.5 Å². The molecule has 1 fully saturated rings. The third-order valence-corrected chi connectivity index (χ3v) is 5.65. The van der Waals surface area contributed by atoms with Crippen LogP contribution in [0.5, 0.6) is 11.5 Å². The molecule has 0 unspecified atom stereocenters. The molecule has 1 aliphatic rings. The van der Waals surface area contributed by atoms with E-state index in [1.54, 1.807) is 7.11 Å². The van der Waals surface area contributed by atoms with Crippen molar-refractivity contribution in [1.82, 2.24) is 15.5 Å². The van der Waals surface area contributed by atoms with Crippen LogP contribution in [0.25, 0.3) is 22.6 Å². The summed E-state index contributed by atoms with van der Waals surface area (Å²) in [5.74, 6) is 3.19. The number of methoxy groups -OCH3 is 1. The molecule has 0 aliphatic carbocycles. The lowest BCUT2D eigenvalue weighted by Crippen LogP contribution is -2.34. The number of benzene rings is 2. The van der Waals surface area contributed by atoms with E-state index in [-0.39, 0.29) is 6.10 Å². The van der Waals surface area contributed by atoms with Crippen molar-refractivity contribution >= 4 is 11.0 Å². The Morgan fingerprint density at radius 2 is 1.97 bits per heavy atom. The number of nitrogens with one attached hydrogen (secondary N) is 1. The van der Waals surface area contributed by atoms with Gasteiger partial charge in [-0.2, -0.15) is 4.98 Å². The van der Waals surface area contributed by atoms with Crippen LogP contribution in [0.2, 0.25) is 0 Å². The molecule has 7 nitrogen and oxygen atoms in total. The van der Waals surface area contributed by atoms with Crippen molar-refractivity contribution in [3.63, 3.8) is 0 Å². The Bertz CT molecular complexity index is 1190. The molecule has 1 saturated heterocycles. The molecule has 0 amide bonds. The summed E-state index contributed by atoms with van der Waals surface area (Å²) >= 11 is 0. The first kappa shape index (κ1) is 19.6. The molecule has 0 bridgehead atoms. The lowest BCUT2D eigenvalue weighted by Gasteiger charge is -2.24. The van der Waals surface area contributed by atoms with E-state index in [1.807, 2.05) is 49.4 Å². The molecule has 0 radical (unpaired) electrons. The number of ether oxygens (including phenoxy) is 2. The van der Waals surface area contributed by atoms with Crippen LogP contribution in [0.1, 0.15) is 29.8 Å². The summed E-state index contributed by atoms with van der Waals surface area (Å²) in [5, 5.41) is 8.47. The van der Waals surface area contributed by atoms with Crippen LogP contribution in [-0.2, 0) is 6.42 Å². The summed E-state index contributed by atoms with van der Waals surface area (Å²) in [6, 6.07) is 13.7. The monoisotopic (exact) mass is 419 g/mol. The van der Waals surface area contributed by atoms with Gasteiger partial charge in [0, 0.05) is 12.0 Å². The normalized spacial score (nSPS) is 14.8. The topological polar surface area (TPSA) is 82.6 Å². The Morgan fingerprint density at radius 3 is 2.81 bits per heavy atom. The third kappa shape index (κ3) is 4.01. The molecule has 5 rings (SSSR count). The Kier molecular flexibility index (Phi) is 5.34. The van der Waals surface area contributed by atoms with Crippen LogP contribution in [0.15, 0.2) is 51.4 Å². The van der Waals surface area contributed by atoms with Gasteiger partial charge in [0.15, 0.2) is 11.6 Å². The molecule has 0 spiro atoms. The van der Waals surface area contributed by atoms with Crippen LogP contribution < -0.4 is 14.8 Å². The fourth-order valence-corrected chi connectivity index (χ4v) is 4.04. The SMILES string of the molecule is COc1cccc(Cc2noc(-c3oc4cccc(OC5CCNCC5)c4c3C)n2)c1. The Labute approximate surface area is 180 Å². The van der Waals surface area contributed by atoms with E-state index in [1.165, 1.54) is 0 Å². The van der Waals surface area contributed by atoms with Crippen molar-refractivity contribution in [2.75, 3.05) is 20.2 Å². The summed E-state index contributed by atoms with van der Waals surface area (Å²) in [5.41, 5.74) is 2.74. The molecule has 160 valence electrons. The highest BCUT2D eigenvalue weighted by Crippen LogP contribution is 2.38. The van der Waals surface area contributed by atoms with Gasteiger partial charge in [0.2, 0.25) is 0 Å². The minimum Gasteiger partial charge on any atom is -0.497 e. The molecule has 1 aliphatic heterocycles. The zero-order valence-electron chi connectivity index (χ0n) is 17.7. The van der Waals surface area contributed by atoms with Gasteiger partial charge in [0.25, 0.3) is 5.89 Å². The average Bonchev–Trinajstić information content (AvgIpc) is 3.39. The molecule has 31 heavy (non-hydrogen) atoms. The fourth-order valence-electron chi connectivity index (χ4n) is 4.04. The molecule has 2 aromatic heterocycles. The van der Waals surface area contributed by atoms with Gasteiger partial charge >= 0.3 is 0 Å². The van der Waals surface area contributed by atoms with Crippen molar-refractivity contribution < 1.29 is 18.4 Å². The quantitative estimate of drug-likeness (QED) is 0.492. The van der Waals surface area contributed by atoms with Crippen molar-refractivity contribution in [2.45, 2.75) is 32.3 Å². The molecule has 0 atom stereocenters. The van der Waals surface area contributed by atoms with Crippen LogP contribution in [0.4, 0.5) is 0 Å². The predicted octanol–water partition coefficient (Wildman–Crippen LogP) is 4.52. The number of fused-ring (bicyclic) bond motifs is 1. The highest BCUT2D eigenvalue weighted by atomic mass is 16.5. The largest absolute Gasteiger partial charge is 0.497 e. The second-order valence-corrected chi connectivity index (χ2v) is 7.80. The van der Waals surface area contributed by atoms with Crippen molar-refractivity contribution in [1.29, 1.82) is 0 Å². The van der Waals surface area contributed by atoms with Crippen molar-refractivity contribution in [3.05, 3.63) is 59.4 Å². The smallest absolute Gasteiger partial charge is 0.293 e. The number of aromatic nitrogens is 2. The maximum absolute atomic E-state index is 6.33. The Hall–Kier alpha value is -3.32. The van der Waals surface area contributed by atoms with Crippen LogP contribution in [0, 0.1) is 6.92 Å². The Balaban J connectivity index is 1.43. The van der Waals surface area contributed by atoms with Gasteiger partial charge in [-0.25, -0.2) is 0 Å². The number of aryl methyl sites for hydroxylation is 1. The fraction of sp³-hybridized carbons (Fsp3) is 0.333. The zero-order chi connectivity index (χ0) is 21.2. The summed E-state index contributed by atoms with van der Waals surface area (Å²) in [6.45, 7) is 3.96. The van der Waals surface area contributed by atoms with E-state index in [4.69, 9.17) is 18.4 Å². The van der Waals surface area contributed by atoms with E-state index < -0.39 is 0 Å². The molecule has 1 N–H and O–H groups in total. The number of hydrogen-bond donors (Lipinski definition) is 1. The first-order chi connectivity index (χ1) is 15.2. The van der Waals surface area contributed by atoms with Crippen LogP contribution >= 0.6 is 0 Å². The highest BCUT2D eigenvalue weighted by molar-refractivity contribution is 5.91. The molecule has 7 heteroatoms. The summed E-state index contributed by atoms with van der Waals surface area (Å²) in [6.07, 6.45) is 2.75. The lowest BCUT2D eigenvalue weighted by molar-refractivity contribution is 0.164. The second kappa shape index (κ2) is 8.43. The lowest BCUT2D eigenvalue weighted by atomic mass is 10.1. The van der Waals surface area contributed by atoms with E-state index in [0.29, 0.717) is 23.9 Å². The molecule has 4 aromatic rings. The predicted molar refractivity (Wildman–Crippen MR) is 117 cm³/mol. The van der Waals surface area contributed by atoms with Crippen LogP contribution in [-0.4, -0.2) is 36.4 Å². The van der Waals surface area contributed by atoms with Crippen molar-refractivity contribution in [3.8, 4) is 23.1 Å². The number of hydrogen-bond acceptors (Lipinski definition) is 7. The molecular formula is C24H25N3O4. The van der Waals surface area contributed by atoms with E-state index in [9.17, 15) is 0 Å². The third-order valence-electron chi connectivity index (χ3n) is 5.65. The minimum absolute atomic E-state index is 0.211. The van der Waals surface area contributed by atoms with Crippen LogP contribution in [0.3, 0.4) is 0 Å². The maximum atomic E-state index is 6.33. The number of nitrogens with zero attached hydrogens (tertiary/aromatic N) is 2. The standard InChI is InChI=1S/C24H25N3O4/c1-15-22-19(29-17-9-11-25-12-10-17)7-4-8-20(22)30-23(15)24-26-21(27-31-24)14-16-5-3-6-18(13-16)28-2/h3-8,13,17,25H,9-12,14H2,1-2H3. The number of piperidine rings is 1. The van der Waals surface area contributed by atoms with Gasteiger partial charge in [-0.3, -0.25) is 0 Å². The maximum Gasteiger partial charge on any atom is 0.293 e. The van der Waals surface area contributed by atoms with E-state index in [0.717, 1.165) is 59.5 Å². The van der Waals surface area contributed by atoms with Gasteiger partial charge in [-0.15, -0.1) is 0 Å². The minimum atomic E-state index is 0.211. The number of furan rings is 1. The zero-order valence-corrected chi connectivity index (χ0v) is 17.7. The first-order valence-electron chi connectivity index (χ1n) is 10.6. The van der Waals surface area contributed by atoms with Gasteiger partial charge in [0.05, 0.1) is 12.5 Å². The van der Waals surface area contributed by atoms with E-state index >= 15 is 0 Å². The summed E-state index contributed by atoms with van der Waals surface area (Å²) in [4.78, 5) is 4.57. The molecule has 3 heterocycles. The first-order valence-corrected chi connectivity index (χ1v) is 10.6. The Morgan fingerprint density at radius 1 is 1.13 bits per heavy atom. The second-order valence-electron chi connectivity index (χ2n) is 7.80. The number of rotatable bonds is 6. The van der Waals surface area contributed by atoms with Crippen molar-refractivity contribution in [2.24, 2.45) is 0 Å². The molecular weight excluding hydrogens is 394 g/mol. The molecule has 2 aromatic carbocycles. The van der Waals surface area contributed by atoms with Gasteiger partial charge in [-0.1, -0.05) is 23.4 Å². The summed E-state index contributed by atoms with van der Waals surface area (Å²) in [7, 11) is 1.65. The summed E-state index contributed by atoms with van der Waals surface area (Å²) < 4.78 is 23.3. The highest BCUT2D eigenvalue weighted by Gasteiger charge is 2.23. The average molecular weight is 419 g/mol.